The number of fused-ring (bicyclic) bond motifs is 1. The van der Waals surface area contributed by atoms with Crippen molar-refractivity contribution in [3.05, 3.63) is 52.7 Å². The summed E-state index contributed by atoms with van der Waals surface area (Å²) in [5.41, 5.74) is 5.94. The highest BCUT2D eigenvalue weighted by Gasteiger charge is 2.53. The van der Waals surface area contributed by atoms with Crippen LogP contribution in [-0.2, 0) is 4.74 Å². The number of hydrogen-bond acceptors (Lipinski definition) is 7. The molecule has 2 N–H and O–H groups in total. The lowest BCUT2D eigenvalue weighted by atomic mass is 9.60. The molecule has 0 saturated carbocycles. The highest BCUT2D eigenvalue weighted by atomic mass is 16.6. The molecular formula is C22H21N5O3. The minimum absolute atomic E-state index is 0.0529. The molecule has 2 atom stereocenters. The van der Waals surface area contributed by atoms with E-state index < -0.39 is 23.3 Å². The Hall–Kier alpha value is -3.96. The minimum atomic E-state index is -1.74. The summed E-state index contributed by atoms with van der Waals surface area (Å²) in [6, 6.07) is 13.3. The highest BCUT2D eigenvalue weighted by molar-refractivity contribution is 5.69. The lowest BCUT2D eigenvalue weighted by molar-refractivity contribution is 0.102. The number of allylic oxidation sites excluding steroid dienone is 2. The molecule has 3 rings (SSSR count). The largest absolute Gasteiger partial charge is 0.497 e. The molecule has 0 saturated heterocycles. The maximum Gasteiger partial charge on any atom is 0.410 e. The first-order valence-electron chi connectivity index (χ1n) is 9.46. The summed E-state index contributed by atoms with van der Waals surface area (Å²) in [5.74, 6) is -0.335. The highest BCUT2D eigenvalue weighted by Crippen LogP contribution is 2.52. The van der Waals surface area contributed by atoms with Gasteiger partial charge in [0.05, 0.1) is 43.2 Å². The van der Waals surface area contributed by atoms with Crippen molar-refractivity contribution in [2.75, 3.05) is 26.8 Å². The van der Waals surface area contributed by atoms with E-state index in [9.17, 15) is 20.6 Å². The molecule has 1 aromatic rings. The Morgan fingerprint density at radius 2 is 1.93 bits per heavy atom. The normalized spacial score (nSPS) is 22.0. The summed E-state index contributed by atoms with van der Waals surface area (Å²) in [7, 11) is 1.56. The Kier molecular flexibility index (Phi) is 5.67. The molecule has 1 amide bonds. The van der Waals surface area contributed by atoms with Crippen LogP contribution in [-0.4, -0.2) is 37.8 Å². The zero-order chi connectivity index (χ0) is 21.9. The molecule has 152 valence electrons. The number of nitrogens with two attached hydrogens (primary N) is 1. The van der Waals surface area contributed by atoms with Crippen molar-refractivity contribution in [3.63, 3.8) is 0 Å². The Bertz CT molecular complexity index is 1020. The van der Waals surface area contributed by atoms with E-state index in [4.69, 9.17) is 15.2 Å². The molecule has 1 aliphatic carbocycles. The van der Waals surface area contributed by atoms with Gasteiger partial charge in [0.25, 0.3) is 0 Å². The Morgan fingerprint density at radius 1 is 1.27 bits per heavy atom. The monoisotopic (exact) mass is 403 g/mol. The number of carbonyl (C=O) groups is 1. The van der Waals surface area contributed by atoms with Crippen LogP contribution in [0.25, 0.3) is 0 Å². The number of nitrogens with zero attached hydrogens (tertiary/aromatic N) is 4. The maximum absolute atomic E-state index is 12.3. The average Bonchev–Trinajstić information content (AvgIpc) is 2.78. The lowest BCUT2D eigenvalue weighted by Gasteiger charge is -2.44. The molecule has 1 heterocycles. The van der Waals surface area contributed by atoms with Crippen LogP contribution in [0, 0.1) is 45.3 Å². The van der Waals surface area contributed by atoms with E-state index in [1.165, 1.54) is 4.90 Å². The first-order chi connectivity index (χ1) is 14.5. The summed E-state index contributed by atoms with van der Waals surface area (Å²) < 4.78 is 10.3. The van der Waals surface area contributed by atoms with Gasteiger partial charge in [0.2, 0.25) is 5.41 Å². The SMILES string of the molecule is CCOC(=O)N1CC=C2[C@H](C1)[C@@H](c1ccc(OC)cc1)C(C#N)=C(N)C2(C#N)C#N. The van der Waals surface area contributed by atoms with Gasteiger partial charge in [-0.05, 0) is 30.2 Å². The van der Waals surface area contributed by atoms with Crippen LogP contribution >= 0.6 is 0 Å². The molecule has 8 nitrogen and oxygen atoms in total. The van der Waals surface area contributed by atoms with Crippen LogP contribution in [0.15, 0.2) is 47.2 Å². The van der Waals surface area contributed by atoms with Crippen molar-refractivity contribution >= 4 is 6.09 Å². The quantitative estimate of drug-likeness (QED) is 0.766. The van der Waals surface area contributed by atoms with E-state index in [1.54, 1.807) is 32.2 Å². The molecule has 1 aliphatic heterocycles. The predicted octanol–water partition coefficient (Wildman–Crippen LogP) is 2.58. The summed E-state index contributed by atoms with van der Waals surface area (Å²) in [6.45, 7) is 2.35. The van der Waals surface area contributed by atoms with Crippen LogP contribution in [0.1, 0.15) is 18.4 Å². The first-order valence-corrected chi connectivity index (χ1v) is 9.46. The van der Waals surface area contributed by atoms with Gasteiger partial charge in [0.15, 0.2) is 0 Å². The number of ether oxygens (including phenoxy) is 2. The minimum Gasteiger partial charge on any atom is -0.497 e. The van der Waals surface area contributed by atoms with E-state index in [0.29, 0.717) is 11.3 Å². The smallest absolute Gasteiger partial charge is 0.410 e. The second kappa shape index (κ2) is 8.19. The number of rotatable bonds is 3. The zero-order valence-corrected chi connectivity index (χ0v) is 16.8. The molecule has 0 spiro atoms. The first kappa shape index (κ1) is 20.8. The van der Waals surface area contributed by atoms with Gasteiger partial charge in [-0.2, -0.15) is 15.8 Å². The van der Waals surface area contributed by atoms with E-state index in [2.05, 4.69) is 6.07 Å². The Morgan fingerprint density at radius 3 is 2.47 bits per heavy atom. The number of nitriles is 3. The third-order valence-corrected chi connectivity index (χ3v) is 5.65. The number of methoxy groups -OCH3 is 1. The summed E-state index contributed by atoms with van der Waals surface area (Å²) >= 11 is 0. The average molecular weight is 403 g/mol. The maximum atomic E-state index is 12.3. The van der Waals surface area contributed by atoms with Gasteiger partial charge < -0.3 is 20.1 Å². The summed E-state index contributed by atoms with van der Waals surface area (Å²) in [4.78, 5) is 13.8. The van der Waals surface area contributed by atoms with Crippen LogP contribution < -0.4 is 10.5 Å². The molecule has 0 bridgehead atoms. The molecule has 8 heteroatoms. The van der Waals surface area contributed by atoms with Crippen molar-refractivity contribution in [2.45, 2.75) is 12.8 Å². The van der Waals surface area contributed by atoms with E-state index in [1.807, 2.05) is 24.3 Å². The van der Waals surface area contributed by atoms with E-state index in [-0.39, 0.29) is 31.0 Å². The van der Waals surface area contributed by atoms with Crippen LogP contribution in [0.3, 0.4) is 0 Å². The molecule has 0 aromatic heterocycles. The van der Waals surface area contributed by atoms with Gasteiger partial charge in [0, 0.05) is 24.9 Å². The summed E-state index contributed by atoms with van der Waals surface area (Å²) in [5, 5.41) is 29.7. The second-order valence-corrected chi connectivity index (χ2v) is 7.03. The van der Waals surface area contributed by atoms with Crippen LogP contribution in [0.2, 0.25) is 0 Å². The van der Waals surface area contributed by atoms with Crippen molar-refractivity contribution in [1.82, 2.24) is 4.90 Å². The zero-order valence-electron chi connectivity index (χ0n) is 16.8. The molecule has 30 heavy (non-hydrogen) atoms. The third kappa shape index (κ3) is 3.11. The fourth-order valence-corrected chi connectivity index (χ4v) is 4.19. The van der Waals surface area contributed by atoms with Gasteiger partial charge in [-0.3, -0.25) is 0 Å². The molecule has 0 radical (unpaired) electrons. The molecule has 0 unspecified atom stereocenters. The number of benzene rings is 1. The van der Waals surface area contributed by atoms with Crippen molar-refractivity contribution in [1.29, 1.82) is 15.8 Å². The van der Waals surface area contributed by atoms with Crippen molar-refractivity contribution in [2.24, 2.45) is 17.1 Å². The van der Waals surface area contributed by atoms with Gasteiger partial charge in [-0.1, -0.05) is 18.2 Å². The van der Waals surface area contributed by atoms with E-state index in [0.717, 1.165) is 5.56 Å². The van der Waals surface area contributed by atoms with Gasteiger partial charge in [0.1, 0.15) is 5.75 Å². The fourth-order valence-electron chi connectivity index (χ4n) is 4.19. The Labute approximate surface area is 175 Å². The van der Waals surface area contributed by atoms with Crippen LogP contribution in [0.4, 0.5) is 4.79 Å². The lowest BCUT2D eigenvalue weighted by Crippen LogP contribution is -2.48. The molecular weight excluding hydrogens is 382 g/mol. The van der Waals surface area contributed by atoms with Crippen molar-refractivity contribution in [3.8, 4) is 24.0 Å². The summed E-state index contributed by atoms with van der Waals surface area (Å²) in [6.07, 6.45) is 1.21. The molecule has 2 aliphatic rings. The van der Waals surface area contributed by atoms with Gasteiger partial charge in [-0.15, -0.1) is 0 Å². The number of carbonyl (C=O) groups excluding carboxylic acids is 1. The Balaban J connectivity index is 2.20. The third-order valence-electron chi connectivity index (χ3n) is 5.65. The second-order valence-electron chi connectivity index (χ2n) is 7.03. The van der Waals surface area contributed by atoms with Crippen LogP contribution in [0.5, 0.6) is 5.75 Å². The van der Waals surface area contributed by atoms with Gasteiger partial charge >= 0.3 is 6.09 Å². The molecule has 1 aromatic carbocycles. The predicted molar refractivity (Wildman–Crippen MR) is 106 cm³/mol. The van der Waals surface area contributed by atoms with E-state index >= 15 is 0 Å². The molecule has 0 fully saturated rings. The standard InChI is InChI=1S/C22H21N5O3/c1-3-30-21(28)27-9-8-18-17(11-27)19(14-4-6-15(29-2)7-5-14)16(10-23)20(26)22(18,12-24)13-25/h4-8,17,19H,3,9,11,26H2,1-2H3/t17-,19-/m0/s1. The topological polar surface area (TPSA) is 136 Å². The van der Waals surface area contributed by atoms with Gasteiger partial charge in [-0.25, -0.2) is 4.79 Å². The number of hydrogen-bond donors (Lipinski definition) is 1. The fraction of sp³-hybridized carbons (Fsp3) is 0.364. The van der Waals surface area contributed by atoms with Crippen molar-refractivity contribution < 1.29 is 14.3 Å². The number of amides is 1.